The summed E-state index contributed by atoms with van der Waals surface area (Å²) < 4.78 is 6.86. The largest absolute Gasteiger partial charge is 0.339 e. The molecule has 4 rings (SSSR count). The van der Waals surface area contributed by atoms with Gasteiger partial charge in [-0.15, -0.1) is 0 Å². The Hall–Kier alpha value is -4.00. The zero-order chi connectivity index (χ0) is 20.8. The molecule has 0 radical (unpaired) electrons. The molecule has 4 aromatic rings. The average molecular weight is 400 g/mol. The lowest BCUT2D eigenvalue weighted by Gasteiger charge is -2.08. The predicted octanol–water partition coefficient (Wildman–Crippen LogP) is 3.52. The SMILES string of the molecule is O=C(CCc1nc(-c2ccccc2)no1)Nc1ccc(Cn2ccccc2=O)cc1. The van der Waals surface area contributed by atoms with Crippen molar-refractivity contribution in [3.8, 4) is 11.4 Å². The van der Waals surface area contributed by atoms with Crippen molar-refractivity contribution >= 4 is 11.6 Å². The van der Waals surface area contributed by atoms with E-state index in [1.165, 1.54) is 6.07 Å². The van der Waals surface area contributed by atoms with E-state index in [1.807, 2.05) is 60.7 Å². The summed E-state index contributed by atoms with van der Waals surface area (Å²) in [4.78, 5) is 28.4. The summed E-state index contributed by atoms with van der Waals surface area (Å²) in [6.07, 6.45) is 2.34. The van der Waals surface area contributed by atoms with E-state index in [0.29, 0.717) is 30.4 Å². The van der Waals surface area contributed by atoms with E-state index in [2.05, 4.69) is 15.5 Å². The second kappa shape index (κ2) is 9.00. The number of carbonyl (C=O) groups excluding carboxylic acids is 1. The Balaban J connectivity index is 1.30. The first-order chi connectivity index (χ1) is 14.7. The molecule has 30 heavy (non-hydrogen) atoms. The number of hydrogen-bond donors (Lipinski definition) is 1. The lowest BCUT2D eigenvalue weighted by Crippen LogP contribution is -2.18. The van der Waals surface area contributed by atoms with E-state index < -0.39 is 0 Å². The molecule has 2 heterocycles. The quantitative estimate of drug-likeness (QED) is 0.513. The van der Waals surface area contributed by atoms with Crippen LogP contribution in [0.15, 0.2) is 88.3 Å². The summed E-state index contributed by atoms with van der Waals surface area (Å²) >= 11 is 0. The van der Waals surface area contributed by atoms with E-state index in [0.717, 1.165) is 11.1 Å². The lowest BCUT2D eigenvalue weighted by atomic mass is 10.2. The van der Waals surface area contributed by atoms with Crippen molar-refractivity contribution in [2.45, 2.75) is 19.4 Å². The van der Waals surface area contributed by atoms with Crippen LogP contribution < -0.4 is 10.9 Å². The van der Waals surface area contributed by atoms with Gasteiger partial charge in [-0.25, -0.2) is 0 Å². The number of anilines is 1. The minimum Gasteiger partial charge on any atom is -0.339 e. The van der Waals surface area contributed by atoms with Crippen molar-refractivity contribution in [1.29, 1.82) is 0 Å². The molecule has 2 aromatic heterocycles. The van der Waals surface area contributed by atoms with Gasteiger partial charge in [0.15, 0.2) is 0 Å². The van der Waals surface area contributed by atoms with Crippen LogP contribution in [0.2, 0.25) is 0 Å². The van der Waals surface area contributed by atoms with Crippen LogP contribution in [0.3, 0.4) is 0 Å². The maximum absolute atomic E-state index is 12.2. The maximum Gasteiger partial charge on any atom is 0.250 e. The normalized spacial score (nSPS) is 10.7. The number of aryl methyl sites for hydroxylation is 1. The molecule has 0 aliphatic rings. The highest BCUT2D eigenvalue weighted by atomic mass is 16.5. The van der Waals surface area contributed by atoms with Gasteiger partial charge in [-0.05, 0) is 23.8 Å². The van der Waals surface area contributed by atoms with Gasteiger partial charge in [0.05, 0.1) is 6.54 Å². The number of aromatic nitrogens is 3. The van der Waals surface area contributed by atoms with Gasteiger partial charge in [-0.3, -0.25) is 9.59 Å². The van der Waals surface area contributed by atoms with Crippen molar-refractivity contribution in [2.75, 3.05) is 5.32 Å². The van der Waals surface area contributed by atoms with Crippen molar-refractivity contribution in [2.24, 2.45) is 0 Å². The van der Waals surface area contributed by atoms with Crippen molar-refractivity contribution in [3.05, 3.63) is 101 Å². The van der Waals surface area contributed by atoms with Gasteiger partial charge < -0.3 is 14.4 Å². The Morgan fingerprint density at radius 2 is 1.73 bits per heavy atom. The topological polar surface area (TPSA) is 90.0 Å². The molecule has 0 bridgehead atoms. The Morgan fingerprint density at radius 3 is 2.50 bits per heavy atom. The predicted molar refractivity (Wildman–Crippen MR) is 113 cm³/mol. The third kappa shape index (κ3) is 4.88. The van der Waals surface area contributed by atoms with E-state index in [9.17, 15) is 9.59 Å². The molecule has 0 saturated carbocycles. The monoisotopic (exact) mass is 400 g/mol. The molecule has 0 spiro atoms. The molecule has 0 aliphatic heterocycles. The maximum atomic E-state index is 12.2. The molecule has 7 heteroatoms. The van der Waals surface area contributed by atoms with Gasteiger partial charge >= 0.3 is 0 Å². The fourth-order valence-electron chi connectivity index (χ4n) is 2.99. The third-order valence-electron chi connectivity index (χ3n) is 4.56. The number of benzene rings is 2. The highest BCUT2D eigenvalue weighted by Gasteiger charge is 2.11. The number of nitrogens with one attached hydrogen (secondary N) is 1. The van der Waals surface area contributed by atoms with E-state index >= 15 is 0 Å². The fraction of sp³-hybridized carbons (Fsp3) is 0.130. The first-order valence-electron chi connectivity index (χ1n) is 9.60. The van der Waals surface area contributed by atoms with Gasteiger partial charge in [0.2, 0.25) is 17.6 Å². The minimum atomic E-state index is -0.138. The van der Waals surface area contributed by atoms with Crippen LogP contribution >= 0.6 is 0 Å². The average Bonchev–Trinajstić information content (AvgIpc) is 3.25. The van der Waals surface area contributed by atoms with Crippen LogP contribution in [0.5, 0.6) is 0 Å². The Bertz CT molecular complexity index is 1180. The Morgan fingerprint density at radius 1 is 0.967 bits per heavy atom. The first-order valence-corrected chi connectivity index (χ1v) is 9.60. The molecule has 0 aliphatic carbocycles. The fourth-order valence-corrected chi connectivity index (χ4v) is 2.99. The van der Waals surface area contributed by atoms with Crippen LogP contribution in [0.25, 0.3) is 11.4 Å². The molecule has 1 N–H and O–H groups in total. The van der Waals surface area contributed by atoms with Crippen LogP contribution in [0.1, 0.15) is 17.9 Å². The highest BCUT2D eigenvalue weighted by Crippen LogP contribution is 2.16. The molecule has 150 valence electrons. The number of amides is 1. The molecule has 0 saturated heterocycles. The summed E-state index contributed by atoms with van der Waals surface area (Å²) in [5.41, 5.74) is 2.49. The van der Waals surface area contributed by atoms with Crippen LogP contribution in [-0.4, -0.2) is 20.6 Å². The number of nitrogens with zero attached hydrogens (tertiary/aromatic N) is 3. The number of pyridine rings is 1. The van der Waals surface area contributed by atoms with Crippen molar-refractivity contribution < 1.29 is 9.32 Å². The van der Waals surface area contributed by atoms with Crippen LogP contribution in [0, 0.1) is 0 Å². The van der Waals surface area contributed by atoms with Gasteiger partial charge in [-0.1, -0.05) is 53.7 Å². The van der Waals surface area contributed by atoms with Crippen molar-refractivity contribution in [1.82, 2.24) is 14.7 Å². The lowest BCUT2D eigenvalue weighted by molar-refractivity contribution is -0.116. The van der Waals surface area contributed by atoms with Crippen LogP contribution in [-0.2, 0) is 17.8 Å². The minimum absolute atomic E-state index is 0.0497. The second-order valence-electron chi connectivity index (χ2n) is 6.79. The molecule has 0 fully saturated rings. The summed E-state index contributed by atoms with van der Waals surface area (Å²) in [7, 11) is 0. The van der Waals surface area contributed by atoms with Gasteiger partial charge in [0, 0.05) is 36.4 Å². The number of hydrogen-bond acceptors (Lipinski definition) is 5. The standard InChI is InChI=1S/C23H20N4O3/c28-20(13-14-21-25-23(26-30-21)18-6-2-1-3-7-18)24-19-11-9-17(10-12-19)16-27-15-5-4-8-22(27)29/h1-12,15H,13-14,16H2,(H,24,28). The van der Waals surface area contributed by atoms with Gasteiger partial charge in [0.25, 0.3) is 5.56 Å². The van der Waals surface area contributed by atoms with Crippen LogP contribution in [0.4, 0.5) is 5.69 Å². The zero-order valence-corrected chi connectivity index (χ0v) is 16.2. The third-order valence-corrected chi connectivity index (χ3v) is 4.56. The second-order valence-corrected chi connectivity index (χ2v) is 6.79. The van der Waals surface area contributed by atoms with E-state index in [1.54, 1.807) is 16.8 Å². The molecular formula is C23H20N4O3. The first kappa shape index (κ1) is 19.3. The Kier molecular flexibility index (Phi) is 5.80. The molecule has 1 amide bonds. The smallest absolute Gasteiger partial charge is 0.250 e. The zero-order valence-electron chi connectivity index (χ0n) is 16.2. The summed E-state index contributed by atoms with van der Waals surface area (Å²) in [6.45, 7) is 0.481. The highest BCUT2D eigenvalue weighted by molar-refractivity contribution is 5.90. The number of carbonyl (C=O) groups is 1. The summed E-state index contributed by atoms with van der Waals surface area (Å²) in [6, 6.07) is 22.0. The molecule has 0 atom stereocenters. The van der Waals surface area contributed by atoms with Gasteiger partial charge in [0.1, 0.15) is 0 Å². The molecule has 0 unspecified atom stereocenters. The van der Waals surface area contributed by atoms with E-state index in [4.69, 9.17) is 4.52 Å². The van der Waals surface area contributed by atoms with Gasteiger partial charge in [-0.2, -0.15) is 4.98 Å². The molecule has 7 nitrogen and oxygen atoms in total. The van der Waals surface area contributed by atoms with E-state index in [-0.39, 0.29) is 17.9 Å². The Labute approximate surface area is 173 Å². The number of rotatable bonds is 7. The van der Waals surface area contributed by atoms with Crippen molar-refractivity contribution in [3.63, 3.8) is 0 Å². The molecule has 2 aromatic carbocycles. The summed E-state index contributed by atoms with van der Waals surface area (Å²) in [5, 5.41) is 6.81. The molecular weight excluding hydrogens is 380 g/mol. The summed E-state index contributed by atoms with van der Waals surface area (Å²) in [5.74, 6) is 0.799.